The van der Waals surface area contributed by atoms with Gasteiger partial charge in [0.2, 0.25) is 5.91 Å². The van der Waals surface area contributed by atoms with Crippen molar-refractivity contribution in [3.05, 3.63) is 0 Å². The van der Waals surface area contributed by atoms with Crippen molar-refractivity contribution in [1.82, 2.24) is 5.06 Å². The zero-order chi connectivity index (χ0) is 14.1. The lowest BCUT2D eigenvalue weighted by molar-refractivity contribution is -0.271. The van der Waals surface area contributed by atoms with Crippen LogP contribution in [0.5, 0.6) is 0 Å². The second-order valence-electron chi connectivity index (χ2n) is 7.49. The number of amides is 1. The summed E-state index contributed by atoms with van der Waals surface area (Å²) in [6, 6.07) is 0.184. The van der Waals surface area contributed by atoms with Crippen LogP contribution < -0.4 is 0 Å². The van der Waals surface area contributed by atoms with Crippen LogP contribution in [0.25, 0.3) is 0 Å². The van der Waals surface area contributed by atoms with Crippen LogP contribution in [0, 0.1) is 10.8 Å². The van der Waals surface area contributed by atoms with E-state index >= 15 is 0 Å². The van der Waals surface area contributed by atoms with E-state index in [2.05, 4.69) is 41.5 Å². The molecule has 3 nitrogen and oxygen atoms in total. The standard InChI is InChI=1S/C15H29NO2/c1-8-13(17)16-11(14(2,3)4)9-10-12(18-16)15(5,6)7/h11-12H,8-10H2,1-7H3/t11-,12+/m0/s1. The summed E-state index contributed by atoms with van der Waals surface area (Å²) < 4.78 is 0. The van der Waals surface area contributed by atoms with Gasteiger partial charge in [0, 0.05) is 6.42 Å². The molecule has 1 heterocycles. The third-order valence-electron chi connectivity index (χ3n) is 3.74. The maximum atomic E-state index is 12.1. The average molecular weight is 255 g/mol. The van der Waals surface area contributed by atoms with Gasteiger partial charge in [-0.1, -0.05) is 48.5 Å². The van der Waals surface area contributed by atoms with E-state index in [0.29, 0.717) is 6.42 Å². The highest BCUT2D eigenvalue weighted by Crippen LogP contribution is 2.38. The zero-order valence-corrected chi connectivity index (χ0v) is 13.0. The second-order valence-corrected chi connectivity index (χ2v) is 7.49. The van der Waals surface area contributed by atoms with E-state index in [1.165, 1.54) is 0 Å². The van der Waals surface area contributed by atoms with Crippen LogP contribution in [0.1, 0.15) is 67.7 Å². The molecule has 2 atom stereocenters. The molecular weight excluding hydrogens is 226 g/mol. The molecule has 0 saturated carbocycles. The predicted molar refractivity (Wildman–Crippen MR) is 73.9 cm³/mol. The maximum Gasteiger partial charge on any atom is 0.246 e. The van der Waals surface area contributed by atoms with E-state index in [1.807, 2.05) is 6.92 Å². The Morgan fingerprint density at radius 2 is 1.67 bits per heavy atom. The van der Waals surface area contributed by atoms with Gasteiger partial charge in [-0.15, -0.1) is 0 Å². The SMILES string of the molecule is CCC(=O)N1O[C@@H](C(C)(C)C)CC[C@H]1C(C)(C)C. The van der Waals surface area contributed by atoms with Gasteiger partial charge in [0.05, 0.1) is 12.1 Å². The van der Waals surface area contributed by atoms with E-state index in [1.54, 1.807) is 5.06 Å². The van der Waals surface area contributed by atoms with Crippen molar-refractivity contribution in [2.24, 2.45) is 10.8 Å². The lowest BCUT2D eigenvalue weighted by Crippen LogP contribution is -2.54. The maximum absolute atomic E-state index is 12.1. The molecule has 1 aliphatic rings. The van der Waals surface area contributed by atoms with Crippen molar-refractivity contribution in [2.75, 3.05) is 0 Å². The second kappa shape index (κ2) is 5.20. The van der Waals surface area contributed by atoms with Gasteiger partial charge >= 0.3 is 0 Å². The van der Waals surface area contributed by atoms with Crippen LogP contribution in [0.3, 0.4) is 0 Å². The highest BCUT2D eigenvalue weighted by Gasteiger charge is 2.42. The molecule has 0 spiro atoms. The van der Waals surface area contributed by atoms with Crippen molar-refractivity contribution in [3.63, 3.8) is 0 Å². The van der Waals surface area contributed by atoms with Gasteiger partial charge in [-0.2, -0.15) is 0 Å². The smallest absolute Gasteiger partial charge is 0.246 e. The Kier molecular flexibility index (Phi) is 4.47. The number of carbonyl (C=O) groups excluding carboxylic acids is 1. The van der Waals surface area contributed by atoms with Gasteiger partial charge in [-0.3, -0.25) is 9.63 Å². The van der Waals surface area contributed by atoms with E-state index in [-0.39, 0.29) is 28.9 Å². The number of hydrogen-bond donors (Lipinski definition) is 0. The number of nitrogens with zero attached hydrogens (tertiary/aromatic N) is 1. The van der Waals surface area contributed by atoms with Gasteiger partial charge in [-0.25, -0.2) is 5.06 Å². The Morgan fingerprint density at radius 3 is 2.06 bits per heavy atom. The molecule has 0 radical (unpaired) electrons. The molecule has 0 aromatic carbocycles. The molecule has 1 rings (SSSR count). The van der Waals surface area contributed by atoms with Gasteiger partial charge in [0.15, 0.2) is 0 Å². The molecule has 0 unspecified atom stereocenters. The van der Waals surface area contributed by atoms with Crippen molar-refractivity contribution in [3.8, 4) is 0 Å². The van der Waals surface area contributed by atoms with Crippen LogP contribution >= 0.6 is 0 Å². The van der Waals surface area contributed by atoms with Crippen LogP contribution in [0.15, 0.2) is 0 Å². The predicted octanol–water partition coefficient (Wildman–Crippen LogP) is 3.78. The molecule has 0 N–H and O–H groups in total. The Morgan fingerprint density at radius 1 is 1.11 bits per heavy atom. The highest BCUT2D eigenvalue weighted by atomic mass is 16.7. The Balaban J connectivity index is 2.90. The van der Waals surface area contributed by atoms with Gasteiger partial charge < -0.3 is 0 Å². The Bertz CT molecular complexity index is 299. The summed E-state index contributed by atoms with van der Waals surface area (Å²) in [5.41, 5.74) is 0.142. The van der Waals surface area contributed by atoms with Gasteiger partial charge in [0.1, 0.15) is 0 Å². The molecule has 1 aliphatic heterocycles. The number of rotatable bonds is 1. The minimum atomic E-state index is 0.0632. The van der Waals surface area contributed by atoms with E-state index < -0.39 is 0 Å². The van der Waals surface area contributed by atoms with Crippen LogP contribution in [0.4, 0.5) is 0 Å². The molecule has 3 heteroatoms. The van der Waals surface area contributed by atoms with E-state index in [9.17, 15) is 4.79 Å². The van der Waals surface area contributed by atoms with Crippen molar-refractivity contribution in [2.45, 2.75) is 79.9 Å². The van der Waals surface area contributed by atoms with E-state index in [0.717, 1.165) is 12.8 Å². The molecule has 1 fully saturated rings. The van der Waals surface area contributed by atoms with Crippen LogP contribution in [-0.4, -0.2) is 23.1 Å². The summed E-state index contributed by atoms with van der Waals surface area (Å²) in [5.74, 6) is 0.101. The van der Waals surface area contributed by atoms with Gasteiger partial charge in [0.25, 0.3) is 0 Å². The van der Waals surface area contributed by atoms with E-state index in [4.69, 9.17) is 4.84 Å². The first-order chi connectivity index (χ1) is 8.07. The largest absolute Gasteiger partial charge is 0.273 e. The van der Waals surface area contributed by atoms with Crippen LogP contribution in [-0.2, 0) is 9.63 Å². The summed E-state index contributed by atoms with van der Waals surface area (Å²) in [5, 5.41) is 1.67. The lowest BCUT2D eigenvalue weighted by atomic mass is 9.78. The Hall–Kier alpha value is -0.570. The topological polar surface area (TPSA) is 29.5 Å². The fourth-order valence-electron chi connectivity index (χ4n) is 2.45. The van der Waals surface area contributed by atoms with Crippen molar-refractivity contribution < 1.29 is 9.63 Å². The molecule has 0 aromatic rings. The number of carbonyl (C=O) groups is 1. The fraction of sp³-hybridized carbons (Fsp3) is 0.933. The molecule has 106 valence electrons. The summed E-state index contributed by atoms with van der Waals surface area (Å²) in [6.45, 7) is 14.9. The van der Waals surface area contributed by atoms with Gasteiger partial charge in [-0.05, 0) is 23.7 Å². The molecule has 18 heavy (non-hydrogen) atoms. The number of hydrogen-bond acceptors (Lipinski definition) is 2. The van der Waals surface area contributed by atoms with Crippen molar-refractivity contribution >= 4 is 5.91 Å². The normalized spacial score (nSPS) is 26.3. The number of hydroxylamine groups is 2. The monoisotopic (exact) mass is 255 g/mol. The quantitative estimate of drug-likeness (QED) is 0.713. The van der Waals surface area contributed by atoms with Crippen molar-refractivity contribution in [1.29, 1.82) is 0 Å². The summed E-state index contributed by atoms with van der Waals surface area (Å²) >= 11 is 0. The first kappa shape index (κ1) is 15.5. The molecule has 0 aromatic heterocycles. The molecule has 1 saturated heterocycles. The average Bonchev–Trinajstić information content (AvgIpc) is 2.24. The fourth-order valence-corrected chi connectivity index (χ4v) is 2.45. The minimum absolute atomic E-state index is 0.0632. The Labute approximate surface area is 112 Å². The lowest BCUT2D eigenvalue weighted by Gasteiger charge is -2.47. The molecule has 0 aliphatic carbocycles. The summed E-state index contributed by atoms with van der Waals surface area (Å²) in [7, 11) is 0. The zero-order valence-electron chi connectivity index (χ0n) is 13.0. The first-order valence-corrected chi connectivity index (χ1v) is 7.06. The highest BCUT2D eigenvalue weighted by molar-refractivity contribution is 5.75. The molecular formula is C15H29NO2. The molecule has 0 bridgehead atoms. The molecule has 1 amide bonds. The summed E-state index contributed by atoms with van der Waals surface area (Å²) in [4.78, 5) is 18.1. The third kappa shape index (κ3) is 3.47. The summed E-state index contributed by atoms with van der Waals surface area (Å²) in [6.07, 6.45) is 2.69. The van der Waals surface area contributed by atoms with Crippen LogP contribution in [0.2, 0.25) is 0 Å². The third-order valence-corrected chi connectivity index (χ3v) is 3.74. The first-order valence-electron chi connectivity index (χ1n) is 7.06. The minimum Gasteiger partial charge on any atom is -0.273 e.